The highest BCUT2D eigenvalue weighted by atomic mass is 16.6. The van der Waals surface area contributed by atoms with E-state index in [0.29, 0.717) is 17.5 Å². The van der Waals surface area contributed by atoms with Gasteiger partial charge in [0.1, 0.15) is 12.0 Å². The summed E-state index contributed by atoms with van der Waals surface area (Å²) in [5, 5.41) is 14.2. The molecule has 0 aliphatic rings. The largest absolute Gasteiger partial charge is 0.377 e. The van der Waals surface area contributed by atoms with Crippen LogP contribution in [0.1, 0.15) is 22.8 Å². The Kier molecular flexibility index (Phi) is 4.66. The normalized spacial score (nSPS) is 11.7. The molecule has 0 radical (unpaired) electrons. The fraction of sp³-hybridized carbons (Fsp3) is 0.188. The highest BCUT2D eigenvalue weighted by Crippen LogP contribution is 2.26. The molecule has 2 aromatic rings. The molecule has 5 heteroatoms. The number of nitrogens with one attached hydrogen (secondary N) is 1. The van der Waals surface area contributed by atoms with Crippen LogP contribution in [0.25, 0.3) is 0 Å². The van der Waals surface area contributed by atoms with Gasteiger partial charge in [0.05, 0.1) is 4.92 Å². The van der Waals surface area contributed by atoms with E-state index in [1.165, 1.54) is 6.07 Å². The average Bonchev–Trinajstić information content (AvgIpc) is 2.48. The van der Waals surface area contributed by atoms with Crippen molar-refractivity contribution in [1.82, 2.24) is 0 Å². The first kappa shape index (κ1) is 14.7. The molecule has 0 aromatic heterocycles. The summed E-state index contributed by atoms with van der Waals surface area (Å²) in [6.45, 7) is 1.96. The first-order chi connectivity index (χ1) is 10.1. The lowest BCUT2D eigenvalue weighted by Gasteiger charge is -2.15. The van der Waals surface area contributed by atoms with Gasteiger partial charge in [-0.1, -0.05) is 30.3 Å². The highest BCUT2D eigenvalue weighted by molar-refractivity contribution is 5.79. The van der Waals surface area contributed by atoms with Crippen LogP contribution < -0.4 is 5.32 Å². The van der Waals surface area contributed by atoms with Gasteiger partial charge in [-0.25, -0.2) is 0 Å². The van der Waals surface area contributed by atoms with Crippen LogP contribution in [0.5, 0.6) is 0 Å². The maximum atomic E-state index is 11.1. The van der Waals surface area contributed by atoms with Crippen LogP contribution in [0.2, 0.25) is 0 Å². The fourth-order valence-electron chi connectivity index (χ4n) is 2.18. The van der Waals surface area contributed by atoms with E-state index in [-0.39, 0.29) is 11.7 Å². The summed E-state index contributed by atoms with van der Waals surface area (Å²) < 4.78 is 0. The molecule has 0 bridgehead atoms. The molecule has 1 unspecified atom stereocenters. The van der Waals surface area contributed by atoms with Crippen molar-refractivity contribution < 1.29 is 9.72 Å². The maximum Gasteiger partial charge on any atom is 0.293 e. The number of hydrogen-bond donors (Lipinski definition) is 1. The van der Waals surface area contributed by atoms with Gasteiger partial charge in [0.25, 0.3) is 5.69 Å². The van der Waals surface area contributed by atoms with E-state index in [9.17, 15) is 14.9 Å². The summed E-state index contributed by atoms with van der Waals surface area (Å²) in [6, 6.07) is 14.4. The van der Waals surface area contributed by atoms with Gasteiger partial charge in [0, 0.05) is 17.7 Å². The summed E-state index contributed by atoms with van der Waals surface area (Å²) in [4.78, 5) is 21.3. The smallest absolute Gasteiger partial charge is 0.293 e. The highest BCUT2D eigenvalue weighted by Gasteiger charge is 2.16. The number of rotatable bonds is 6. The van der Waals surface area contributed by atoms with Crippen molar-refractivity contribution in [2.75, 3.05) is 5.32 Å². The molecule has 0 amide bonds. The predicted octanol–water partition coefficient (Wildman–Crippen LogP) is 3.45. The molecule has 0 aliphatic carbocycles. The van der Waals surface area contributed by atoms with E-state index in [0.717, 1.165) is 12.0 Å². The Bertz CT molecular complexity index is 641. The van der Waals surface area contributed by atoms with Crippen molar-refractivity contribution >= 4 is 17.7 Å². The monoisotopic (exact) mass is 284 g/mol. The molecule has 5 nitrogen and oxygen atoms in total. The third kappa shape index (κ3) is 3.89. The SMILES string of the molecule is CC(Cc1ccccc1)Nc1ccc(C=O)cc1[N+](=O)[O-]. The third-order valence-electron chi connectivity index (χ3n) is 3.14. The molecule has 0 saturated carbocycles. The zero-order valence-corrected chi connectivity index (χ0v) is 11.7. The summed E-state index contributed by atoms with van der Waals surface area (Å²) >= 11 is 0. The Morgan fingerprint density at radius 1 is 1.24 bits per heavy atom. The Labute approximate surface area is 122 Å². The van der Waals surface area contributed by atoms with Crippen molar-refractivity contribution in [3.05, 3.63) is 69.8 Å². The van der Waals surface area contributed by atoms with Gasteiger partial charge in [0.2, 0.25) is 0 Å². The maximum absolute atomic E-state index is 11.1. The minimum atomic E-state index is -0.482. The number of anilines is 1. The fourth-order valence-corrected chi connectivity index (χ4v) is 2.18. The number of carbonyl (C=O) groups is 1. The van der Waals surface area contributed by atoms with Crippen LogP contribution in [0.3, 0.4) is 0 Å². The molecular formula is C16H16N2O3. The van der Waals surface area contributed by atoms with Gasteiger partial charge in [-0.2, -0.15) is 0 Å². The van der Waals surface area contributed by atoms with Crippen LogP contribution in [0.4, 0.5) is 11.4 Å². The summed E-state index contributed by atoms with van der Waals surface area (Å²) in [7, 11) is 0. The van der Waals surface area contributed by atoms with Gasteiger partial charge in [-0.15, -0.1) is 0 Å². The molecule has 21 heavy (non-hydrogen) atoms. The lowest BCUT2D eigenvalue weighted by molar-refractivity contribution is -0.384. The molecule has 0 fully saturated rings. The van der Waals surface area contributed by atoms with Crippen molar-refractivity contribution in [2.24, 2.45) is 0 Å². The summed E-state index contributed by atoms with van der Waals surface area (Å²) in [5.74, 6) is 0. The summed E-state index contributed by atoms with van der Waals surface area (Å²) in [5.41, 5.74) is 1.79. The molecule has 108 valence electrons. The van der Waals surface area contributed by atoms with Gasteiger partial charge < -0.3 is 5.32 Å². The molecule has 2 aromatic carbocycles. The number of nitro benzene ring substituents is 1. The standard InChI is InChI=1S/C16H16N2O3/c1-12(9-13-5-3-2-4-6-13)17-15-8-7-14(11-19)10-16(15)18(20)21/h2-8,10-12,17H,9H2,1H3. The molecule has 0 spiro atoms. The van der Waals surface area contributed by atoms with Crippen LogP contribution in [0.15, 0.2) is 48.5 Å². The number of hydrogen-bond acceptors (Lipinski definition) is 4. The van der Waals surface area contributed by atoms with Crippen LogP contribution in [-0.4, -0.2) is 17.3 Å². The van der Waals surface area contributed by atoms with Crippen LogP contribution >= 0.6 is 0 Å². The van der Waals surface area contributed by atoms with E-state index in [1.54, 1.807) is 12.1 Å². The number of benzene rings is 2. The van der Waals surface area contributed by atoms with Crippen molar-refractivity contribution in [2.45, 2.75) is 19.4 Å². The van der Waals surface area contributed by atoms with Gasteiger partial charge in [-0.3, -0.25) is 14.9 Å². The van der Waals surface area contributed by atoms with E-state index >= 15 is 0 Å². The van der Waals surface area contributed by atoms with Crippen LogP contribution in [-0.2, 0) is 6.42 Å². The molecular weight excluding hydrogens is 268 g/mol. The Hall–Kier alpha value is -2.69. The number of carbonyl (C=O) groups excluding carboxylic acids is 1. The molecule has 2 rings (SSSR count). The Balaban J connectivity index is 2.15. The van der Waals surface area contributed by atoms with Gasteiger partial charge >= 0.3 is 0 Å². The van der Waals surface area contributed by atoms with Crippen molar-refractivity contribution in [1.29, 1.82) is 0 Å². The minimum absolute atomic E-state index is 0.0354. The van der Waals surface area contributed by atoms with Gasteiger partial charge in [-0.05, 0) is 31.0 Å². The second kappa shape index (κ2) is 6.65. The quantitative estimate of drug-likeness (QED) is 0.501. The average molecular weight is 284 g/mol. The van der Waals surface area contributed by atoms with Crippen molar-refractivity contribution in [3.63, 3.8) is 0 Å². The Morgan fingerprint density at radius 3 is 2.57 bits per heavy atom. The van der Waals surface area contributed by atoms with E-state index in [2.05, 4.69) is 5.32 Å². The first-order valence-electron chi connectivity index (χ1n) is 6.64. The zero-order valence-electron chi connectivity index (χ0n) is 11.7. The van der Waals surface area contributed by atoms with E-state index < -0.39 is 4.92 Å². The number of nitro groups is 1. The number of nitrogens with zero attached hydrogens (tertiary/aromatic N) is 1. The third-order valence-corrected chi connectivity index (χ3v) is 3.14. The molecule has 1 N–H and O–H groups in total. The number of aldehydes is 1. The second-order valence-corrected chi connectivity index (χ2v) is 4.89. The lowest BCUT2D eigenvalue weighted by Crippen LogP contribution is -2.18. The molecule has 0 saturated heterocycles. The molecule has 0 heterocycles. The molecule has 0 aliphatic heterocycles. The van der Waals surface area contributed by atoms with Crippen molar-refractivity contribution in [3.8, 4) is 0 Å². The zero-order chi connectivity index (χ0) is 15.2. The second-order valence-electron chi connectivity index (χ2n) is 4.89. The van der Waals surface area contributed by atoms with E-state index in [1.807, 2.05) is 37.3 Å². The first-order valence-corrected chi connectivity index (χ1v) is 6.64. The topological polar surface area (TPSA) is 72.2 Å². The predicted molar refractivity (Wildman–Crippen MR) is 81.7 cm³/mol. The van der Waals surface area contributed by atoms with Gasteiger partial charge in [0.15, 0.2) is 0 Å². The van der Waals surface area contributed by atoms with E-state index in [4.69, 9.17) is 0 Å². The minimum Gasteiger partial charge on any atom is -0.377 e. The lowest BCUT2D eigenvalue weighted by atomic mass is 10.1. The Morgan fingerprint density at radius 2 is 1.95 bits per heavy atom. The summed E-state index contributed by atoms with van der Waals surface area (Å²) in [6.07, 6.45) is 1.36. The molecule has 1 atom stereocenters. The van der Waals surface area contributed by atoms with Crippen LogP contribution in [0, 0.1) is 10.1 Å².